The summed E-state index contributed by atoms with van der Waals surface area (Å²) in [6.45, 7) is 0. The molecule has 4 heteroatoms. The Hall–Kier alpha value is -1.97. The normalized spacial score (nSPS) is 10.0. The Morgan fingerprint density at radius 3 is 2.33 bits per heavy atom. The second-order valence-electron chi connectivity index (χ2n) is 2.90. The van der Waals surface area contributed by atoms with Crippen molar-refractivity contribution < 1.29 is 9.47 Å². The Bertz CT molecular complexity index is 416. The third-order valence-electron chi connectivity index (χ3n) is 2.08. The predicted octanol–water partition coefficient (Wildman–Crippen LogP) is 1.69. The zero-order chi connectivity index (χ0) is 10.7. The maximum Gasteiger partial charge on any atom is 0.148 e. The van der Waals surface area contributed by atoms with E-state index in [0.29, 0.717) is 11.5 Å². The van der Waals surface area contributed by atoms with Crippen LogP contribution < -0.4 is 9.47 Å². The molecule has 2 aromatic rings. The van der Waals surface area contributed by atoms with E-state index in [1.54, 1.807) is 31.3 Å². The van der Waals surface area contributed by atoms with Crippen LogP contribution in [0.2, 0.25) is 0 Å². The van der Waals surface area contributed by atoms with Gasteiger partial charge in [0.25, 0.3) is 0 Å². The van der Waals surface area contributed by atoms with Crippen molar-refractivity contribution in [3.05, 3.63) is 36.7 Å². The van der Waals surface area contributed by atoms with Gasteiger partial charge < -0.3 is 9.47 Å². The summed E-state index contributed by atoms with van der Waals surface area (Å²) in [5.41, 5.74) is 0.781. The second-order valence-corrected chi connectivity index (χ2v) is 2.90. The summed E-state index contributed by atoms with van der Waals surface area (Å²) in [5, 5.41) is 4.10. The molecule has 0 unspecified atom stereocenters. The van der Waals surface area contributed by atoms with Gasteiger partial charge in [-0.05, 0) is 12.1 Å². The van der Waals surface area contributed by atoms with Crippen molar-refractivity contribution in [2.75, 3.05) is 14.2 Å². The lowest BCUT2D eigenvalue weighted by atomic mass is 10.2. The number of nitrogens with zero attached hydrogens (tertiary/aromatic N) is 2. The number of aromatic nitrogens is 2. The van der Waals surface area contributed by atoms with E-state index in [-0.39, 0.29) is 0 Å². The Morgan fingerprint density at radius 1 is 1.20 bits per heavy atom. The fraction of sp³-hybridized carbons (Fsp3) is 0.182. The lowest BCUT2D eigenvalue weighted by Gasteiger charge is -2.12. The number of hydrogen-bond donors (Lipinski definition) is 0. The minimum absolute atomic E-state index is 0.714. The van der Waals surface area contributed by atoms with Crippen LogP contribution in [0.1, 0.15) is 0 Å². The number of methoxy groups -OCH3 is 2. The highest BCUT2D eigenvalue weighted by Gasteiger charge is 2.11. The van der Waals surface area contributed by atoms with Gasteiger partial charge in [-0.1, -0.05) is 6.07 Å². The van der Waals surface area contributed by atoms with E-state index in [1.165, 1.54) is 0 Å². The molecule has 0 amide bonds. The van der Waals surface area contributed by atoms with Crippen LogP contribution in [0.3, 0.4) is 0 Å². The van der Waals surface area contributed by atoms with Crippen LogP contribution in [0, 0.1) is 6.07 Å². The number of hydrogen-bond acceptors (Lipinski definition) is 3. The van der Waals surface area contributed by atoms with Gasteiger partial charge in [0.05, 0.1) is 20.4 Å². The van der Waals surface area contributed by atoms with E-state index in [9.17, 15) is 0 Å². The van der Waals surface area contributed by atoms with E-state index < -0.39 is 0 Å². The van der Waals surface area contributed by atoms with E-state index >= 15 is 0 Å². The maximum absolute atomic E-state index is 5.26. The molecule has 1 aromatic carbocycles. The molecule has 0 bridgehead atoms. The van der Waals surface area contributed by atoms with Crippen LogP contribution in [0.5, 0.6) is 11.5 Å². The zero-order valence-corrected chi connectivity index (χ0v) is 8.60. The smallest absolute Gasteiger partial charge is 0.148 e. The van der Waals surface area contributed by atoms with Gasteiger partial charge in [-0.15, -0.1) is 0 Å². The lowest BCUT2D eigenvalue weighted by molar-refractivity contribution is 0.389. The van der Waals surface area contributed by atoms with Gasteiger partial charge in [-0.2, -0.15) is 5.10 Å². The molecule has 1 radical (unpaired) electrons. The van der Waals surface area contributed by atoms with E-state index in [1.807, 2.05) is 18.2 Å². The van der Waals surface area contributed by atoms with Gasteiger partial charge >= 0.3 is 0 Å². The van der Waals surface area contributed by atoms with Gasteiger partial charge in [0.2, 0.25) is 0 Å². The van der Waals surface area contributed by atoms with Crippen molar-refractivity contribution in [1.29, 1.82) is 0 Å². The van der Waals surface area contributed by atoms with E-state index in [0.717, 1.165) is 5.69 Å². The number of ether oxygens (including phenoxy) is 2. The molecule has 2 rings (SSSR count). The van der Waals surface area contributed by atoms with Gasteiger partial charge in [0.1, 0.15) is 17.2 Å². The summed E-state index contributed by atoms with van der Waals surface area (Å²) in [6, 6.07) is 8.46. The van der Waals surface area contributed by atoms with Crippen LogP contribution in [-0.2, 0) is 0 Å². The Morgan fingerprint density at radius 2 is 1.87 bits per heavy atom. The molecule has 4 nitrogen and oxygen atoms in total. The molecule has 0 aliphatic carbocycles. The van der Waals surface area contributed by atoms with Crippen molar-refractivity contribution in [2.45, 2.75) is 0 Å². The molecular weight excluding hydrogens is 192 g/mol. The number of benzene rings is 1. The molecule has 1 heterocycles. The van der Waals surface area contributed by atoms with Gasteiger partial charge in [-0.25, -0.2) is 4.68 Å². The van der Waals surface area contributed by atoms with Crippen LogP contribution in [-0.4, -0.2) is 24.0 Å². The number of rotatable bonds is 3. The van der Waals surface area contributed by atoms with Crippen molar-refractivity contribution >= 4 is 0 Å². The molecule has 1 aromatic heterocycles. The third kappa shape index (κ3) is 1.66. The molecule has 0 N–H and O–H groups in total. The summed E-state index contributed by atoms with van der Waals surface area (Å²) in [4.78, 5) is 0. The molecule has 77 valence electrons. The van der Waals surface area contributed by atoms with Crippen molar-refractivity contribution in [3.63, 3.8) is 0 Å². The Labute approximate surface area is 88.1 Å². The molecule has 0 saturated heterocycles. The van der Waals surface area contributed by atoms with Crippen LogP contribution in [0.25, 0.3) is 5.69 Å². The zero-order valence-electron chi connectivity index (χ0n) is 8.60. The highest BCUT2D eigenvalue weighted by atomic mass is 16.5. The second kappa shape index (κ2) is 4.04. The molecule has 0 aliphatic heterocycles. The minimum atomic E-state index is 0.714. The highest BCUT2D eigenvalue weighted by Crippen LogP contribution is 2.31. The van der Waals surface area contributed by atoms with Crippen molar-refractivity contribution in [2.24, 2.45) is 0 Å². The van der Waals surface area contributed by atoms with Crippen molar-refractivity contribution in [1.82, 2.24) is 9.78 Å². The summed E-state index contributed by atoms with van der Waals surface area (Å²) in [6.07, 6.45) is 3.31. The van der Waals surface area contributed by atoms with Gasteiger partial charge in [0.15, 0.2) is 0 Å². The fourth-order valence-corrected chi connectivity index (χ4v) is 1.41. The minimum Gasteiger partial charge on any atom is -0.494 e. The summed E-state index contributed by atoms with van der Waals surface area (Å²) < 4.78 is 12.2. The highest BCUT2D eigenvalue weighted by molar-refractivity contribution is 5.56. The third-order valence-corrected chi connectivity index (χ3v) is 2.08. The monoisotopic (exact) mass is 203 g/mol. The predicted molar refractivity (Wildman–Crippen MR) is 55.5 cm³/mol. The first-order valence-electron chi connectivity index (χ1n) is 4.49. The molecule has 15 heavy (non-hydrogen) atoms. The SMILES string of the molecule is COc1cccc(OC)c1-n1c[c]cn1. The lowest BCUT2D eigenvalue weighted by Crippen LogP contribution is -2.01. The quantitative estimate of drug-likeness (QED) is 0.761. The van der Waals surface area contributed by atoms with E-state index in [4.69, 9.17) is 9.47 Å². The largest absolute Gasteiger partial charge is 0.494 e. The molecule has 0 fully saturated rings. The Kier molecular flexibility index (Phi) is 2.58. The maximum atomic E-state index is 5.26. The van der Waals surface area contributed by atoms with Crippen molar-refractivity contribution in [3.8, 4) is 17.2 Å². The summed E-state index contributed by atoms with van der Waals surface area (Å²) in [7, 11) is 3.23. The topological polar surface area (TPSA) is 36.3 Å². The molecule has 0 atom stereocenters. The first-order valence-corrected chi connectivity index (χ1v) is 4.49. The standard InChI is InChI=1S/C11H11N2O2/c1-14-9-5-3-6-10(15-2)11(9)13-8-4-7-12-13/h3,5-8H,1-2H3. The van der Waals surface area contributed by atoms with E-state index in [2.05, 4.69) is 11.2 Å². The molecule has 0 saturated carbocycles. The van der Waals surface area contributed by atoms with Crippen LogP contribution >= 0.6 is 0 Å². The first-order chi connectivity index (χ1) is 7.36. The first kappa shape index (κ1) is 9.58. The van der Waals surface area contributed by atoms with Gasteiger partial charge in [0, 0.05) is 12.3 Å². The summed E-state index contributed by atoms with van der Waals surface area (Å²) >= 11 is 0. The van der Waals surface area contributed by atoms with Crippen LogP contribution in [0.15, 0.2) is 30.6 Å². The summed E-state index contributed by atoms with van der Waals surface area (Å²) in [5.74, 6) is 1.43. The van der Waals surface area contributed by atoms with Crippen LogP contribution in [0.4, 0.5) is 0 Å². The average Bonchev–Trinajstić information content (AvgIpc) is 2.81. The molecular formula is C11H11N2O2. The molecule has 0 aliphatic rings. The fourth-order valence-electron chi connectivity index (χ4n) is 1.41. The number of para-hydroxylation sites is 1. The molecule has 0 spiro atoms. The Balaban J connectivity index is 2.61. The van der Waals surface area contributed by atoms with Gasteiger partial charge in [-0.3, -0.25) is 0 Å². The average molecular weight is 203 g/mol.